The molecule has 0 aromatic rings. The lowest BCUT2D eigenvalue weighted by Gasteiger charge is -2.12. The number of aliphatic hydroxyl groups is 1. The van der Waals surface area contributed by atoms with E-state index in [-0.39, 0.29) is 0 Å². The molecule has 1 atom stereocenters. The van der Waals surface area contributed by atoms with Crippen LogP contribution in [0.4, 0.5) is 0 Å². The van der Waals surface area contributed by atoms with Crippen LogP contribution in [0.15, 0.2) is 82.1 Å². The van der Waals surface area contributed by atoms with Gasteiger partial charge in [0.2, 0.25) is 0 Å². The molecule has 28 heavy (non-hydrogen) atoms. The quantitative estimate of drug-likeness (QED) is 0.419. The van der Waals surface area contributed by atoms with Crippen molar-refractivity contribution in [2.75, 3.05) is 21.3 Å². The highest BCUT2D eigenvalue weighted by Gasteiger charge is 2.14. The number of aliphatic hydroxyl groups excluding tert-OH is 1. The lowest BCUT2D eigenvalue weighted by molar-refractivity contribution is 0.211. The molecule has 0 saturated heterocycles. The van der Waals surface area contributed by atoms with Crippen molar-refractivity contribution in [3.05, 3.63) is 82.1 Å². The summed E-state index contributed by atoms with van der Waals surface area (Å²) >= 11 is 0. The van der Waals surface area contributed by atoms with Crippen LogP contribution in [-0.2, 0) is 14.2 Å². The fourth-order valence-corrected chi connectivity index (χ4v) is 2.92. The smallest absolute Gasteiger partial charge is 0.160 e. The third kappa shape index (κ3) is 6.61. The molecule has 0 fully saturated rings. The summed E-state index contributed by atoms with van der Waals surface area (Å²) in [5.41, 5.74) is 4.27. The van der Waals surface area contributed by atoms with E-state index in [1.165, 1.54) is 0 Å². The minimum absolute atomic E-state index is 0.532. The minimum atomic E-state index is -0.562. The lowest BCUT2D eigenvalue weighted by atomic mass is 9.98. The molecule has 0 bridgehead atoms. The van der Waals surface area contributed by atoms with Gasteiger partial charge in [-0.3, -0.25) is 0 Å². The van der Waals surface area contributed by atoms with Gasteiger partial charge in [0.05, 0.1) is 33.2 Å². The average Bonchev–Trinajstić information content (AvgIpc) is 2.92. The van der Waals surface area contributed by atoms with Crippen molar-refractivity contribution in [1.29, 1.82) is 0 Å². The standard InChI is InChI=1S/C24H34O4/c1-8-10-21(18(3)19(4)26-5)17(2)11-9-12-22(25)20-13-15-23(27-6)24(28-7)16-14-20/h8-11,13,15-16,22,25H,12,14H2,1-7H3. The fraction of sp³-hybridized carbons (Fsp3) is 0.417. The van der Waals surface area contributed by atoms with Crippen LogP contribution in [0.1, 0.15) is 40.5 Å². The first-order chi connectivity index (χ1) is 13.4. The number of methoxy groups -OCH3 is 3. The fourth-order valence-electron chi connectivity index (χ4n) is 2.92. The van der Waals surface area contributed by atoms with Crippen LogP contribution in [-0.4, -0.2) is 32.5 Å². The first kappa shape index (κ1) is 23.6. The van der Waals surface area contributed by atoms with E-state index in [1.807, 2.05) is 44.2 Å². The predicted molar refractivity (Wildman–Crippen MR) is 116 cm³/mol. The molecule has 0 aromatic carbocycles. The molecule has 0 amide bonds. The number of hydrogen-bond donors (Lipinski definition) is 1. The van der Waals surface area contributed by atoms with Gasteiger partial charge in [0.15, 0.2) is 11.5 Å². The third-order valence-corrected chi connectivity index (χ3v) is 4.81. The van der Waals surface area contributed by atoms with Gasteiger partial charge in [0, 0.05) is 0 Å². The van der Waals surface area contributed by atoms with E-state index in [9.17, 15) is 5.11 Å². The zero-order valence-corrected chi connectivity index (χ0v) is 18.2. The second-order valence-electron chi connectivity index (χ2n) is 6.59. The largest absolute Gasteiger partial charge is 0.501 e. The topological polar surface area (TPSA) is 47.9 Å². The summed E-state index contributed by atoms with van der Waals surface area (Å²) in [6.07, 6.45) is 14.4. The molecule has 1 aliphatic rings. The second-order valence-corrected chi connectivity index (χ2v) is 6.59. The van der Waals surface area contributed by atoms with E-state index in [0.29, 0.717) is 24.4 Å². The highest BCUT2D eigenvalue weighted by molar-refractivity contribution is 5.46. The molecular formula is C24H34O4. The third-order valence-electron chi connectivity index (χ3n) is 4.81. The van der Waals surface area contributed by atoms with E-state index in [0.717, 1.165) is 28.1 Å². The van der Waals surface area contributed by atoms with Gasteiger partial charge in [-0.25, -0.2) is 0 Å². The van der Waals surface area contributed by atoms with Crippen LogP contribution in [0, 0.1) is 0 Å². The number of hydrogen-bond acceptors (Lipinski definition) is 4. The van der Waals surface area contributed by atoms with Gasteiger partial charge in [-0.05, 0) is 75.0 Å². The summed E-state index contributed by atoms with van der Waals surface area (Å²) < 4.78 is 16.0. The zero-order chi connectivity index (χ0) is 21.1. The first-order valence-corrected chi connectivity index (χ1v) is 9.48. The van der Waals surface area contributed by atoms with E-state index in [1.54, 1.807) is 21.3 Å². The summed E-state index contributed by atoms with van der Waals surface area (Å²) in [6, 6.07) is 0. The monoisotopic (exact) mass is 386 g/mol. The van der Waals surface area contributed by atoms with Crippen molar-refractivity contribution in [3.8, 4) is 0 Å². The van der Waals surface area contributed by atoms with Crippen molar-refractivity contribution in [2.45, 2.75) is 46.6 Å². The van der Waals surface area contributed by atoms with Gasteiger partial charge in [-0.1, -0.05) is 30.4 Å². The van der Waals surface area contributed by atoms with Crippen LogP contribution in [0.3, 0.4) is 0 Å². The van der Waals surface area contributed by atoms with Crippen molar-refractivity contribution >= 4 is 0 Å². The molecular weight excluding hydrogens is 352 g/mol. The molecule has 4 heteroatoms. The SMILES string of the molecule is CC=CC(=C(C)C=CCC(O)C1=CC=C(OC)C(OC)=CC1)C(C)=C(C)OC. The van der Waals surface area contributed by atoms with Crippen LogP contribution in [0.25, 0.3) is 0 Å². The van der Waals surface area contributed by atoms with E-state index >= 15 is 0 Å². The van der Waals surface area contributed by atoms with Gasteiger partial charge < -0.3 is 19.3 Å². The van der Waals surface area contributed by atoms with Gasteiger partial charge in [0.1, 0.15) is 0 Å². The van der Waals surface area contributed by atoms with Crippen LogP contribution in [0.2, 0.25) is 0 Å². The van der Waals surface area contributed by atoms with Crippen molar-refractivity contribution in [3.63, 3.8) is 0 Å². The number of rotatable bonds is 9. The second kappa shape index (κ2) is 12.1. The van der Waals surface area contributed by atoms with Gasteiger partial charge >= 0.3 is 0 Å². The van der Waals surface area contributed by atoms with E-state index in [4.69, 9.17) is 14.2 Å². The molecule has 0 radical (unpaired) electrons. The van der Waals surface area contributed by atoms with Crippen LogP contribution >= 0.6 is 0 Å². The maximum Gasteiger partial charge on any atom is 0.160 e. The summed E-state index contributed by atoms with van der Waals surface area (Å²) in [7, 11) is 4.90. The molecule has 0 saturated carbocycles. The van der Waals surface area contributed by atoms with Gasteiger partial charge in [0.25, 0.3) is 0 Å². The molecule has 154 valence electrons. The molecule has 1 N–H and O–H groups in total. The maximum atomic E-state index is 10.6. The number of ether oxygens (including phenoxy) is 3. The Kier molecular flexibility index (Phi) is 10.2. The number of allylic oxidation sites excluding steroid dienone is 10. The van der Waals surface area contributed by atoms with Crippen molar-refractivity contribution in [2.24, 2.45) is 0 Å². The highest BCUT2D eigenvalue weighted by Crippen LogP contribution is 2.24. The Balaban J connectivity index is 2.95. The molecule has 1 unspecified atom stereocenters. The lowest BCUT2D eigenvalue weighted by Crippen LogP contribution is -2.08. The van der Waals surface area contributed by atoms with Gasteiger partial charge in [-0.2, -0.15) is 0 Å². The van der Waals surface area contributed by atoms with Gasteiger partial charge in [-0.15, -0.1) is 0 Å². The summed E-state index contributed by atoms with van der Waals surface area (Å²) in [5, 5.41) is 10.6. The Morgan fingerprint density at radius 1 is 1.07 bits per heavy atom. The molecule has 1 rings (SSSR count). The molecule has 4 nitrogen and oxygen atoms in total. The normalized spacial score (nSPS) is 17.9. The average molecular weight is 387 g/mol. The zero-order valence-electron chi connectivity index (χ0n) is 18.2. The Morgan fingerprint density at radius 3 is 2.32 bits per heavy atom. The molecule has 1 aliphatic carbocycles. The maximum absolute atomic E-state index is 10.6. The molecule has 0 aliphatic heterocycles. The highest BCUT2D eigenvalue weighted by atomic mass is 16.5. The van der Waals surface area contributed by atoms with E-state index < -0.39 is 6.10 Å². The molecule has 0 spiro atoms. The Morgan fingerprint density at radius 2 is 1.75 bits per heavy atom. The summed E-state index contributed by atoms with van der Waals surface area (Å²) in [4.78, 5) is 0. The first-order valence-electron chi connectivity index (χ1n) is 9.48. The minimum Gasteiger partial charge on any atom is -0.501 e. The van der Waals surface area contributed by atoms with Crippen LogP contribution in [0.5, 0.6) is 0 Å². The predicted octanol–water partition coefficient (Wildman–Crippen LogP) is 5.52. The molecule has 0 aromatic heterocycles. The van der Waals surface area contributed by atoms with E-state index in [2.05, 4.69) is 26.0 Å². The Bertz CT molecular complexity index is 743. The van der Waals surface area contributed by atoms with Crippen LogP contribution < -0.4 is 0 Å². The Labute approximate surface area is 169 Å². The van der Waals surface area contributed by atoms with Crippen molar-refractivity contribution < 1.29 is 19.3 Å². The Hall–Kier alpha value is -2.46. The summed E-state index contributed by atoms with van der Waals surface area (Å²) in [6.45, 7) is 8.08. The summed E-state index contributed by atoms with van der Waals surface area (Å²) in [5.74, 6) is 2.23. The molecule has 0 heterocycles. The van der Waals surface area contributed by atoms with Crippen molar-refractivity contribution in [1.82, 2.24) is 0 Å².